The quantitative estimate of drug-likeness (QED) is 0.208. The summed E-state index contributed by atoms with van der Waals surface area (Å²) >= 11 is 1.87. The molecular formula is C40H25N3S. The molecule has 4 heteroatoms. The number of nitrogens with zero attached hydrogens (tertiary/aromatic N) is 3. The van der Waals surface area contributed by atoms with Crippen molar-refractivity contribution in [1.82, 2.24) is 14.5 Å². The van der Waals surface area contributed by atoms with Gasteiger partial charge in [0, 0.05) is 53.7 Å². The summed E-state index contributed by atoms with van der Waals surface area (Å²) in [6.07, 6.45) is 0. The predicted octanol–water partition coefficient (Wildman–Crippen LogP) is 10.9. The zero-order chi connectivity index (χ0) is 29.0. The van der Waals surface area contributed by atoms with Crippen LogP contribution in [-0.4, -0.2) is 14.5 Å². The standard InChI is InChI=1S/C40H25N3S/c1-4-14-26(15-5-1)31-24-32-29-20-10-12-22-34(29)43(38(32)37-30-21-11-13-23-35(30)44-39(31)37)36-25-33(27-16-6-2-7-17-27)41-40(42-36)28-18-8-3-9-19-28/h1-25H. The third kappa shape index (κ3) is 3.89. The van der Waals surface area contributed by atoms with Crippen LogP contribution in [-0.2, 0) is 0 Å². The van der Waals surface area contributed by atoms with E-state index in [2.05, 4.69) is 132 Å². The van der Waals surface area contributed by atoms with Crippen molar-refractivity contribution < 1.29 is 0 Å². The molecule has 0 aliphatic carbocycles. The molecule has 3 aromatic heterocycles. The molecule has 0 aliphatic heterocycles. The molecule has 3 nitrogen and oxygen atoms in total. The lowest BCUT2D eigenvalue weighted by Gasteiger charge is -2.13. The van der Waals surface area contributed by atoms with E-state index in [-0.39, 0.29) is 0 Å². The van der Waals surface area contributed by atoms with Gasteiger partial charge in [0.2, 0.25) is 0 Å². The molecule has 0 unspecified atom stereocenters. The lowest BCUT2D eigenvalue weighted by atomic mass is 9.99. The summed E-state index contributed by atoms with van der Waals surface area (Å²) in [6.45, 7) is 0. The molecule has 3 heterocycles. The third-order valence-electron chi connectivity index (χ3n) is 8.41. The largest absolute Gasteiger partial charge is 0.293 e. The Kier molecular flexibility index (Phi) is 5.68. The van der Waals surface area contributed by atoms with Gasteiger partial charge in [0.25, 0.3) is 0 Å². The fraction of sp³-hybridized carbons (Fsp3) is 0. The van der Waals surface area contributed by atoms with Crippen LogP contribution in [0, 0.1) is 0 Å². The van der Waals surface area contributed by atoms with Crippen molar-refractivity contribution in [3.05, 3.63) is 152 Å². The van der Waals surface area contributed by atoms with E-state index < -0.39 is 0 Å². The zero-order valence-corrected chi connectivity index (χ0v) is 24.5. The van der Waals surface area contributed by atoms with E-state index in [9.17, 15) is 0 Å². The zero-order valence-electron chi connectivity index (χ0n) is 23.7. The van der Waals surface area contributed by atoms with Crippen molar-refractivity contribution in [3.8, 4) is 39.6 Å². The van der Waals surface area contributed by atoms with E-state index in [4.69, 9.17) is 9.97 Å². The van der Waals surface area contributed by atoms with Crippen LogP contribution in [0.25, 0.3) is 81.6 Å². The minimum atomic E-state index is 0.709. The molecule has 0 spiro atoms. The summed E-state index contributed by atoms with van der Waals surface area (Å²) in [5, 5.41) is 4.95. The molecule has 6 aromatic carbocycles. The second kappa shape index (κ2) is 10.0. The number of thiophene rings is 1. The van der Waals surface area contributed by atoms with Gasteiger partial charge < -0.3 is 0 Å². The molecule has 0 amide bonds. The Morgan fingerprint density at radius 1 is 0.500 bits per heavy atom. The second-order valence-corrected chi connectivity index (χ2v) is 12.1. The highest BCUT2D eigenvalue weighted by Gasteiger charge is 2.22. The van der Waals surface area contributed by atoms with Crippen molar-refractivity contribution in [3.63, 3.8) is 0 Å². The Bertz CT molecular complexity index is 2420. The van der Waals surface area contributed by atoms with Crippen molar-refractivity contribution in [2.24, 2.45) is 0 Å². The third-order valence-corrected chi connectivity index (χ3v) is 9.61. The van der Waals surface area contributed by atoms with Crippen LogP contribution in [0.4, 0.5) is 0 Å². The van der Waals surface area contributed by atoms with E-state index in [1.165, 1.54) is 47.6 Å². The van der Waals surface area contributed by atoms with E-state index >= 15 is 0 Å². The lowest BCUT2D eigenvalue weighted by Crippen LogP contribution is -2.02. The monoisotopic (exact) mass is 579 g/mol. The first-order valence-corrected chi connectivity index (χ1v) is 15.6. The normalized spacial score (nSPS) is 11.6. The van der Waals surface area contributed by atoms with Crippen LogP contribution in [0.15, 0.2) is 152 Å². The number of fused-ring (bicyclic) bond motifs is 7. The molecule has 0 atom stereocenters. The van der Waals surface area contributed by atoms with Gasteiger partial charge in [-0.1, -0.05) is 127 Å². The summed E-state index contributed by atoms with van der Waals surface area (Å²) in [5.41, 5.74) is 7.73. The van der Waals surface area contributed by atoms with Crippen LogP contribution in [0.2, 0.25) is 0 Å². The maximum absolute atomic E-state index is 5.28. The number of benzene rings is 6. The van der Waals surface area contributed by atoms with Crippen LogP contribution in [0.3, 0.4) is 0 Å². The van der Waals surface area contributed by atoms with Crippen LogP contribution >= 0.6 is 11.3 Å². The smallest absolute Gasteiger partial charge is 0.162 e. The van der Waals surface area contributed by atoms with Gasteiger partial charge in [0.1, 0.15) is 5.82 Å². The highest BCUT2D eigenvalue weighted by molar-refractivity contribution is 7.26. The van der Waals surface area contributed by atoms with Crippen LogP contribution in [0.5, 0.6) is 0 Å². The fourth-order valence-electron chi connectivity index (χ4n) is 6.43. The number of aromatic nitrogens is 3. The maximum Gasteiger partial charge on any atom is 0.162 e. The fourth-order valence-corrected chi connectivity index (χ4v) is 7.67. The molecule has 0 bridgehead atoms. The van der Waals surface area contributed by atoms with Gasteiger partial charge in [-0.05, 0) is 23.8 Å². The van der Waals surface area contributed by atoms with Gasteiger partial charge >= 0.3 is 0 Å². The highest BCUT2D eigenvalue weighted by Crippen LogP contribution is 2.47. The predicted molar refractivity (Wildman–Crippen MR) is 186 cm³/mol. The number of hydrogen-bond acceptors (Lipinski definition) is 3. The van der Waals surface area contributed by atoms with Crippen molar-refractivity contribution in [1.29, 1.82) is 0 Å². The first kappa shape index (κ1) is 25.0. The summed E-state index contributed by atoms with van der Waals surface area (Å²) in [6, 6.07) is 53.4. The molecule has 0 saturated carbocycles. The molecular weight excluding hydrogens is 555 g/mol. The minimum absolute atomic E-state index is 0.709. The molecule has 44 heavy (non-hydrogen) atoms. The van der Waals surface area contributed by atoms with Gasteiger partial charge in [0.05, 0.1) is 16.7 Å². The lowest BCUT2D eigenvalue weighted by molar-refractivity contribution is 1.05. The average Bonchev–Trinajstić information content (AvgIpc) is 3.65. The molecule has 9 aromatic rings. The van der Waals surface area contributed by atoms with E-state index in [0.29, 0.717) is 5.82 Å². The first-order chi connectivity index (χ1) is 21.8. The Hall–Kier alpha value is -5.58. The number of para-hydroxylation sites is 1. The van der Waals surface area contributed by atoms with Crippen LogP contribution < -0.4 is 0 Å². The van der Waals surface area contributed by atoms with Gasteiger partial charge in [-0.15, -0.1) is 11.3 Å². The van der Waals surface area contributed by atoms with Gasteiger partial charge in [-0.25, -0.2) is 9.97 Å². The molecule has 0 saturated heterocycles. The molecule has 0 aliphatic rings. The Morgan fingerprint density at radius 2 is 1.11 bits per heavy atom. The van der Waals surface area contributed by atoms with E-state index in [1.807, 2.05) is 35.6 Å². The van der Waals surface area contributed by atoms with Gasteiger partial charge in [0.15, 0.2) is 5.82 Å². The molecule has 0 fully saturated rings. The average molecular weight is 580 g/mol. The Balaban J connectivity index is 1.46. The maximum atomic E-state index is 5.28. The summed E-state index contributed by atoms with van der Waals surface area (Å²) in [5.74, 6) is 1.56. The molecule has 0 radical (unpaired) electrons. The summed E-state index contributed by atoms with van der Waals surface area (Å²) in [4.78, 5) is 10.4. The molecule has 0 N–H and O–H groups in total. The van der Waals surface area contributed by atoms with Gasteiger partial charge in [-0.2, -0.15) is 0 Å². The van der Waals surface area contributed by atoms with E-state index in [0.717, 1.165) is 28.2 Å². The van der Waals surface area contributed by atoms with Crippen molar-refractivity contribution in [2.75, 3.05) is 0 Å². The molecule has 9 rings (SSSR count). The first-order valence-electron chi connectivity index (χ1n) is 14.8. The van der Waals surface area contributed by atoms with E-state index in [1.54, 1.807) is 0 Å². The summed E-state index contributed by atoms with van der Waals surface area (Å²) < 4.78 is 4.93. The topological polar surface area (TPSA) is 30.7 Å². The minimum Gasteiger partial charge on any atom is -0.293 e. The summed E-state index contributed by atoms with van der Waals surface area (Å²) in [7, 11) is 0. The number of rotatable bonds is 4. The van der Waals surface area contributed by atoms with Crippen molar-refractivity contribution in [2.45, 2.75) is 0 Å². The number of hydrogen-bond donors (Lipinski definition) is 0. The van der Waals surface area contributed by atoms with Crippen molar-refractivity contribution >= 4 is 53.3 Å². The van der Waals surface area contributed by atoms with Crippen LogP contribution in [0.1, 0.15) is 0 Å². The Morgan fingerprint density at radius 3 is 1.86 bits per heavy atom. The molecule has 206 valence electrons. The second-order valence-electron chi connectivity index (χ2n) is 11.0. The van der Waals surface area contributed by atoms with Gasteiger partial charge in [-0.3, -0.25) is 4.57 Å². The SMILES string of the molecule is c1ccc(-c2cc(-n3c4ccccc4c4cc(-c5ccccc5)c5sc6ccccc6c5c43)nc(-c3ccccc3)n2)cc1. The Labute approximate surface area is 258 Å². The highest BCUT2D eigenvalue weighted by atomic mass is 32.1.